The van der Waals surface area contributed by atoms with Crippen molar-refractivity contribution in [3.05, 3.63) is 35.9 Å². The number of rotatable bonds is 6. The van der Waals surface area contributed by atoms with Gasteiger partial charge in [-0.15, -0.1) is 0 Å². The highest BCUT2D eigenvalue weighted by atomic mass is 19.4. The number of urea groups is 1. The number of nitrogens with one attached hydrogen (secondary N) is 2. The fourth-order valence-electron chi connectivity index (χ4n) is 2.74. The molecule has 1 aromatic rings. The van der Waals surface area contributed by atoms with Gasteiger partial charge in [-0.2, -0.15) is 13.2 Å². The molecule has 0 bridgehead atoms. The number of carbonyl (C=O) groups excluding carboxylic acids is 3. The lowest BCUT2D eigenvalue weighted by atomic mass is 10.1. The summed E-state index contributed by atoms with van der Waals surface area (Å²) in [4.78, 5) is 37.2. The molecule has 1 aliphatic rings. The molecule has 1 fully saturated rings. The molecule has 142 valence electrons. The molecule has 4 amide bonds. The van der Waals surface area contributed by atoms with Gasteiger partial charge in [0.1, 0.15) is 0 Å². The molecule has 1 heterocycles. The monoisotopic (exact) mass is 371 g/mol. The van der Waals surface area contributed by atoms with Gasteiger partial charge in [-0.25, -0.2) is 4.79 Å². The first-order chi connectivity index (χ1) is 12.1. The summed E-state index contributed by atoms with van der Waals surface area (Å²) in [5, 5.41) is 3.34. The average molecular weight is 371 g/mol. The average Bonchev–Trinajstić information content (AvgIpc) is 2.84. The number of halogens is 3. The van der Waals surface area contributed by atoms with Crippen LogP contribution in [-0.4, -0.2) is 34.6 Å². The Balaban J connectivity index is 2.35. The molecule has 0 radical (unpaired) electrons. The molecular formula is C17H20F3N3O3. The Bertz CT molecular complexity index is 693. The predicted octanol–water partition coefficient (Wildman–Crippen LogP) is 2.86. The van der Waals surface area contributed by atoms with Gasteiger partial charge in [0.25, 0.3) is 11.6 Å². The zero-order valence-corrected chi connectivity index (χ0v) is 14.4. The summed E-state index contributed by atoms with van der Waals surface area (Å²) < 4.78 is 41.1. The molecule has 0 saturated carbocycles. The second-order valence-corrected chi connectivity index (χ2v) is 6.09. The molecule has 6 nitrogen and oxygen atoms in total. The van der Waals surface area contributed by atoms with Crippen LogP contribution in [0.15, 0.2) is 30.3 Å². The number of hydrogen-bond donors (Lipinski definition) is 2. The minimum Gasteiger partial charge on any atom is -0.318 e. The maximum absolute atomic E-state index is 13.7. The third-order valence-electron chi connectivity index (χ3n) is 4.23. The topological polar surface area (TPSA) is 78.5 Å². The zero-order valence-electron chi connectivity index (χ0n) is 14.4. The van der Waals surface area contributed by atoms with Crippen molar-refractivity contribution in [3.8, 4) is 0 Å². The number of unbranched alkanes of at least 4 members (excludes halogenated alkanes) is 1. The van der Waals surface area contributed by atoms with Crippen LogP contribution in [0.2, 0.25) is 0 Å². The van der Waals surface area contributed by atoms with Gasteiger partial charge in [-0.1, -0.05) is 43.7 Å². The van der Waals surface area contributed by atoms with Crippen molar-refractivity contribution < 1.29 is 27.6 Å². The molecule has 0 aliphatic carbocycles. The Morgan fingerprint density at radius 2 is 1.88 bits per heavy atom. The molecule has 9 heteroatoms. The molecule has 1 saturated heterocycles. The van der Waals surface area contributed by atoms with Crippen LogP contribution in [0.25, 0.3) is 0 Å². The Kier molecular flexibility index (Phi) is 5.58. The number of alkyl halides is 3. The lowest BCUT2D eigenvalue weighted by molar-refractivity contribution is -0.204. The van der Waals surface area contributed by atoms with Crippen molar-refractivity contribution in [2.24, 2.45) is 0 Å². The first-order valence-corrected chi connectivity index (χ1v) is 8.22. The molecule has 0 unspecified atom stereocenters. The van der Waals surface area contributed by atoms with Crippen LogP contribution in [0.3, 0.4) is 0 Å². The maximum Gasteiger partial charge on any atom is 0.440 e. The molecule has 2 rings (SSSR count). The van der Waals surface area contributed by atoms with E-state index in [2.05, 4.69) is 0 Å². The van der Waals surface area contributed by atoms with E-state index in [0.29, 0.717) is 23.3 Å². The van der Waals surface area contributed by atoms with E-state index < -0.39 is 35.7 Å². The van der Waals surface area contributed by atoms with Crippen LogP contribution in [0, 0.1) is 0 Å². The Morgan fingerprint density at radius 1 is 1.27 bits per heavy atom. The van der Waals surface area contributed by atoms with E-state index in [1.54, 1.807) is 47.9 Å². The van der Waals surface area contributed by atoms with E-state index in [1.807, 2.05) is 0 Å². The molecule has 1 aliphatic heterocycles. The van der Waals surface area contributed by atoms with E-state index in [4.69, 9.17) is 0 Å². The van der Waals surface area contributed by atoms with Gasteiger partial charge in [0.2, 0.25) is 5.91 Å². The summed E-state index contributed by atoms with van der Waals surface area (Å²) in [7, 11) is 0. The first kappa shape index (κ1) is 19.7. The normalized spacial score (nSPS) is 21.5. The minimum absolute atomic E-state index is 0.175. The van der Waals surface area contributed by atoms with Gasteiger partial charge < -0.3 is 5.32 Å². The van der Waals surface area contributed by atoms with Gasteiger partial charge in [-0.05, 0) is 18.9 Å². The van der Waals surface area contributed by atoms with Crippen LogP contribution < -0.4 is 10.6 Å². The van der Waals surface area contributed by atoms with Crippen LogP contribution in [0.5, 0.6) is 0 Å². The lowest BCUT2D eigenvalue weighted by Crippen LogP contribution is -2.69. The highest BCUT2D eigenvalue weighted by molar-refractivity contribution is 6.09. The van der Waals surface area contributed by atoms with Gasteiger partial charge in [0.15, 0.2) is 0 Å². The Morgan fingerprint density at radius 3 is 2.42 bits per heavy atom. The van der Waals surface area contributed by atoms with Crippen LogP contribution in [0.4, 0.5) is 18.0 Å². The molecule has 26 heavy (non-hydrogen) atoms. The summed E-state index contributed by atoms with van der Waals surface area (Å²) in [6, 6.07) is 6.05. The van der Waals surface area contributed by atoms with Crippen molar-refractivity contribution in [2.75, 3.05) is 0 Å². The largest absolute Gasteiger partial charge is 0.440 e. The maximum atomic E-state index is 13.7. The summed E-state index contributed by atoms with van der Waals surface area (Å²) >= 11 is 0. The van der Waals surface area contributed by atoms with Crippen molar-refractivity contribution >= 4 is 17.8 Å². The highest BCUT2D eigenvalue weighted by Crippen LogP contribution is 2.37. The molecular weight excluding hydrogens is 351 g/mol. The quantitative estimate of drug-likeness (QED) is 0.755. The number of amides is 4. The van der Waals surface area contributed by atoms with Crippen LogP contribution >= 0.6 is 0 Å². The lowest BCUT2D eigenvalue weighted by Gasteiger charge is -2.30. The van der Waals surface area contributed by atoms with Crippen LogP contribution in [0.1, 0.15) is 44.7 Å². The van der Waals surface area contributed by atoms with Gasteiger partial charge >= 0.3 is 12.2 Å². The van der Waals surface area contributed by atoms with E-state index in [0.717, 1.165) is 0 Å². The van der Waals surface area contributed by atoms with Gasteiger partial charge in [-0.3, -0.25) is 19.8 Å². The molecule has 0 aromatic heterocycles. The van der Waals surface area contributed by atoms with Crippen LogP contribution in [-0.2, 0) is 9.59 Å². The van der Waals surface area contributed by atoms with Crippen molar-refractivity contribution in [2.45, 2.75) is 51.0 Å². The molecule has 0 spiro atoms. The second kappa shape index (κ2) is 7.35. The highest BCUT2D eigenvalue weighted by Gasteiger charge is 2.69. The Hall–Kier alpha value is -2.58. The van der Waals surface area contributed by atoms with Crippen molar-refractivity contribution in [1.82, 2.24) is 15.5 Å². The van der Waals surface area contributed by atoms with Crippen molar-refractivity contribution in [1.29, 1.82) is 0 Å². The number of carbonyl (C=O) groups is 3. The summed E-state index contributed by atoms with van der Waals surface area (Å²) in [6.07, 6.45) is -4.39. The summed E-state index contributed by atoms with van der Waals surface area (Å²) in [5.41, 5.74) is -2.95. The number of hydrogen-bond acceptors (Lipinski definition) is 3. The smallest absolute Gasteiger partial charge is 0.318 e. The van der Waals surface area contributed by atoms with Gasteiger partial charge in [0, 0.05) is 6.42 Å². The fourth-order valence-corrected chi connectivity index (χ4v) is 2.74. The number of benzene rings is 1. The van der Waals surface area contributed by atoms with E-state index >= 15 is 0 Å². The first-order valence-electron chi connectivity index (χ1n) is 8.22. The number of imide groups is 1. The molecule has 2 N–H and O–H groups in total. The fraction of sp³-hybridized carbons (Fsp3) is 0.471. The zero-order chi connectivity index (χ0) is 19.5. The van der Waals surface area contributed by atoms with E-state index in [-0.39, 0.29) is 6.42 Å². The SMILES string of the molecule is CCCCC(=O)N[C@]1(C(F)(F)F)NC(=O)N([C@@H](C)c2ccccc2)C1=O. The Labute approximate surface area is 148 Å². The summed E-state index contributed by atoms with van der Waals surface area (Å²) in [6.45, 7) is 3.22. The predicted molar refractivity (Wildman–Crippen MR) is 86.7 cm³/mol. The van der Waals surface area contributed by atoms with E-state index in [9.17, 15) is 27.6 Å². The minimum atomic E-state index is -5.19. The van der Waals surface area contributed by atoms with Gasteiger partial charge in [0.05, 0.1) is 6.04 Å². The third-order valence-corrected chi connectivity index (χ3v) is 4.23. The molecule has 2 atom stereocenters. The van der Waals surface area contributed by atoms with Crippen molar-refractivity contribution in [3.63, 3.8) is 0 Å². The summed E-state index contributed by atoms with van der Waals surface area (Å²) in [5.74, 6) is -2.50. The third kappa shape index (κ3) is 3.51. The molecule has 1 aromatic carbocycles. The van der Waals surface area contributed by atoms with E-state index in [1.165, 1.54) is 6.92 Å². The number of nitrogens with zero attached hydrogens (tertiary/aromatic N) is 1. The second-order valence-electron chi connectivity index (χ2n) is 6.09. The standard InChI is InChI=1S/C17H20F3N3O3/c1-3-4-10-13(24)21-16(17(18,19)20)14(25)23(15(26)22-16)11(2)12-8-6-5-7-9-12/h5-9,11H,3-4,10H2,1-2H3,(H,21,24)(H,22,26)/t11-,16-/m0/s1.